The number of nitrogens with two attached hydrogens (primary N) is 1. The molecule has 0 unspecified atom stereocenters. The number of ether oxygens (including phenoxy) is 1. The van der Waals surface area contributed by atoms with Crippen molar-refractivity contribution < 1.29 is 40.1 Å². The van der Waals surface area contributed by atoms with Gasteiger partial charge in [0.2, 0.25) is 0 Å². The van der Waals surface area contributed by atoms with Gasteiger partial charge in [-0.3, -0.25) is 9.79 Å². The molecule has 0 bridgehead atoms. The van der Waals surface area contributed by atoms with Crippen molar-refractivity contribution in [3.05, 3.63) is 47.2 Å². The van der Waals surface area contributed by atoms with Crippen LogP contribution in [0.5, 0.6) is 5.75 Å². The van der Waals surface area contributed by atoms with Crippen molar-refractivity contribution in [2.75, 3.05) is 30.9 Å². The molecule has 4 heterocycles. The minimum Gasteiger partial charge on any atom is -0.485 e. The number of alkyl halides is 5. The lowest BCUT2D eigenvalue weighted by Gasteiger charge is -2.44. The number of rotatable bonds is 8. The van der Waals surface area contributed by atoms with Crippen molar-refractivity contribution in [3.8, 4) is 5.75 Å². The number of hydrogen-bond acceptors (Lipinski definition) is 8. The largest absolute Gasteiger partial charge is 0.485 e. The zero-order valence-electron chi connectivity index (χ0n) is 21.4. The van der Waals surface area contributed by atoms with Crippen molar-refractivity contribution >= 4 is 27.3 Å². The van der Waals surface area contributed by atoms with Crippen molar-refractivity contribution in [2.45, 2.75) is 49.3 Å². The highest BCUT2D eigenvalue weighted by Crippen LogP contribution is 2.42. The number of carbonyl (C=O) groups is 1. The molecule has 0 aromatic carbocycles. The third-order valence-corrected chi connectivity index (χ3v) is 10.2. The fraction of sp³-hybridized carbons (Fsp3) is 0.500. The molecular formula is C24H26F6N6O3S. The molecule has 0 radical (unpaired) electrons. The Morgan fingerprint density at radius 1 is 1.32 bits per heavy atom. The van der Waals surface area contributed by atoms with Crippen LogP contribution in [0.15, 0.2) is 33.8 Å². The van der Waals surface area contributed by atoms with Crippen molar-refractivity contribution in [1.29, 1.82) is 0 Å². The Morgan fingerprint density at radius 3 is 2.70 bits per heavy atom. The molecule has 0 saturated carbocycles. The minimum absolute atomic E-state index is 0.117. The second-order valence-electron chi connectivity index (χ2n) is 9.80. The number of fused-ring (bicyclic) bond motifs is 1. The summed E-state index contributed by atoms with van der Waals surface area (Å²) in [6.07, 6.45) is -1.99. The van der Waals surface area contributed by atoms with Gasteiger partial charge in [-0.05, 0) is 50.5 Å². The highest BCUT2D eigenvalue weighted by Gasteiger charge is 2.54. The van der Waals surface area contributed by atoms with E-state index in [1.54, 1.807) is 6.92 Å². The lowest BCUT2D eigenvalue weighted by atomic mass is 9.95. The second-order valence-corrected chi connectivity index (χ2v) is 12.5. The number of aliphatic imine (C=N–C) groups is 1. The number of aromatic nitrogens is 2. The summed E-state index contributed by atoms with van der Waals surface area (Å²) >= 11 is 0. The highest BCUT2D eigenvalue weighted by atomic mass is 32.2. The average molecular weight is 593 g/mol. The van der Waals surface area contributed by atoms with Gasteiger partial charge in [0.05, 0.1) is 21.7 Å². The molecule has 3 N–H and O–H groups in total. The summed E-state index contributed by atoms with van der Waals surface area (Å²) in [4.78, 5) is 25.0. The Hall–Kier alpha value is -3.43. The maximum atomic E-state index is 15.0. The molecule has 2 aliphatic heterocycles. The van der Waals surface area contributed by atoms with E-state index in [1.807, 2.05) is 0 Å². The van der Waals surface area contributed by atoms with Gasteiger partial charge in [-0.1, -0.05) is 0 Å². The van der Waals surface area contributed by atoms with E-state index in [1.165, 1.54) is 6.92 Å². The summed E-state index contributed by atoms with van der Waals surface area (Å²) in [5.41, 5.74) is 3.53. The SMILES string of the molecule is Cc1cc(OCC(F)(F)C(F)F)cnc1C(=O)Nc1ccc(F)c([C@]2(CF)C[S@]3(=O)=NCCC[C@]3(C)C(N)=N2)n1. The Labute approximate surface area is 225 Å². The van der Waals surface area contributed by atoms with Gasteiger partial charge in [0.25, 0.3) is 5.91 Å². The number of carbonyl (C=O) groups excluding carboxylic acids is 1. The van der Waals surface area contributed by atoms with Crippen LogP contribution in [0.2, 0.25) is 0 Å². The standard InChI is InChI=1S/C24H26F6N6O3S/c1-13-8-14(39-11-24(29,30)20(27)28)9-32-17(13)19(37)35-16-5-4-15(26)18(34-16)23(10-25)12-40(38)22(2,21(31)36-23)6-3-7-33-40/h4-5,8-9,20H,3,6-7,10-12H2,1-2H3,(H2,31,36)(H,34,35,37)/t22-,23+,40-/m1/s1. The number of aryl methyl sites for hydroxylation is 1. The third kappa shape index (κ3) is 5.20. The van der Waals surface area contributed by atoms with Crippen LogP contribution in [0, 0.1) is 12.7 Å². The van der Waals surface area contributed by atoms with Gasteiger partial charge in [0, 0.05) is 6.54 Å². The summed E-state index contributed by atoms with van der Waals surface area (Å²) in [7, 11) is -3.15. The molecule has 2 aromatic rings. The molecular weight excluding hydrogens is 566 g/mol. The zero-order chi connectivity index (χ0) is 29.5. The van der Waals surface area contributed by atoms with E-state index in [-0.39, 0.29) is 35.2 Å². The number of halogens is 6. The first-order valence-electron chi connectivity index (χ1n) is 12.0. The fourth-order valence-electron chi connectivity index (χ4n) is 4.51. The maximum Gasteiger partial charge on any atom is 0.340 e. The molecule has 1 amide bonds. The van der Waals surface area contributed by atoms with E-state index in [0.717, 1.165) is 24.4 Å². The smallest absolute Gasteiger partial charge is 0.340 e. The summed E-state index contributed by atoms with van der Waals surface area (Å²) in [6.45, 7) is 0.421. The molecule has 16 heteroatoms. The molecule has 0 spiro atoms. The van der Waals surface area contributed by atoms with E-state index in [4.69, 9.17) is 5.73 Å². The molecule has 40 heavy (non-hydrogen) atoms. The topological polar surface area (TPSA) is 132 Å². The van der Waals surface area contributed by atoms with Crippen molar-refractivity contribution in [3.63, 3.8) is 0 Å². The van der Waals surface area contributed by atoms with Crippen LogP contribution in [-0.2, 0) is 15.3 Å². The van der Waals surface area contributed by atoms with E-state index < -0.39 is 68.8 Å². The number of nitrogens with one attached hydrogen (secondary N) is 1. The quantitative estimate of drug-likeness (QED) is 0.446. The predicted molar refractivity (Wildman–Crippen MR) is 135 cm³/mol. The Balaban J connectivity index is 1.60. The second kappa shape index (κ2) is 10.5. The summed E-state index contributed by atoms with van der Waals surface area (Å²) in [5.74, 6) is -7.26. The lowest BCUT2D eigenvalue weighted by molar-refractivity contribution is -0.148. The van der Waals surface area contributed by atoms with E-state index in [9.17, 15) is 31.0 Å². The monoisotopic (exact) mass is 592 g/mol. The predicted octanol–water partition coefficient (Wildman–Crippen LogP) is 4.01. The number of pyridine rings is 2. The number of hydrogen-bond donors (Lipinski definition) is 2. The summed E-state index contributed by atoms with van der Waals surface area (Å²) in [6, 6.07) is 3.18. The molecule has 4 rings (SSSR count). The Morgan fingerprint density at radius 2 is 2.05 bits per heavy atom. The van der Waals surface area contributed by atoms with Crippen LogP contribution in [0.25, 0.3) is 0 Å². The third-order valence-electron chi connectivity index (χ3n) is 6.89. The normalized spacial score (nSPS) is 26.5. The maximum absolute atomic E-state index is 15.0. The minimum atomic E-state index is -4.38. The molecule has 9 nitrogen and oxygen atoms in total. The van der Waals surface area contributed by atoms with Gasteiger partial charge in [0.1, 0.15) is 51.6 Å². The molecule has 0 fully saturated rings. The number of amidine groups is 1. The van der Waals surface area contributed by atoms with E-state index >= 15 is 4.39 Å². The van der Waals surface area contributed by atoms with Gasteiger partial charge in [-0.15, -0.1) is 0 Å². The molecule has 2 aromatic heterocycles. The number of anilines is 1. The highest BCUT2D eigenvalue weighted by molar-refractivity contribution is 7.95. The first-order chi connectivity index (χ1) is 18.7. The van der Waals surface area contributed by atoms with Crippen LogP contribution < -0.4 is 15.8 Å². The van der Waals surface area contributed by atoms with E-state index in [2.05, 4.69) is 29.4 Å². The van der Waals surface area contributed by atoms with Crippen LogP contribution in [0.4, 0.5) is 32.2 Å². The lowest BCUT2D eigenvalue weighted by Crippen LogP contribution is -2.59. The van der Waals surface area contributed by atoms with Crippen LogP contribution in [0.1, 0.15) is 41.5 Å². The van der Waals surface area contributed by atoms with E-state index in [0.29, 0.717) is 12.8 Å². The first kappa shape index (κ1) is 29.6. The number of amides is 1. The van der Waals surface area contributed by atoms with Gasteiger partial charge >= 0.3 is 12.3 Å². The Kier molecular flexibility index (Phi) is 7.77. The fourth-order valence-corrected chi connectivity index (χ4v) is 7.39. The average Bonchev–Trinajstić information content (AvgIpc) is 2.89. The van der Waals surface area contributed by atoms with Crippen LogP contribution >= 0.6 is 0 Å². The van der Waals surface area contributed by atoms with Crippen LogP contribution in [0.3, 0.4) is 0 Å². The van der Waals surface area contributed by atoms with Crippen molar-refractivity contribution in [2.24, 2.45) is 15.1 Å². The molecule has 2 aliphatic rings. The van der Waals surface area contributed by atoms with Gasteiger partial charge in [0.15, 0.2) is 6.61 Å². The molecule has 0 saturated heterocycles. The Bertz CT molecular complexity index is 1480. The molecule has 0 aliphatic carbocycles. The van der Waals surface area contributed by atoms with Crippen molar-refractivity contribution in [1.82, 2.24) is 9.97 Å². The first-order valence-corrected chi connectivity index (χ1v) is 13.7. The zero-order valence-corrected chi connectivity index (χ0v) is 22.2. The molecule has 218 valence electrons. The summed E-state index contributed by atoms with van der Waals surface area (Å²) < 4.78 is 102. The number of nitrogens with zero attached hydrogens (tertiary/aromatic N) is 4. The molecule has 3 atom stereocenters. The van der Waals surface area contributed by atoms with Gasteiger partial charge in [-0.2, -0.15) is 8.78 Å². The van der Waals surface area contributed by atoms with Gasteiger partial charge in [-0.25, -0.2) is 36.1 Å². The summed E-state index contributed by atoms with van der Waals surface area (Å²) in [5, 5.41) is 2.39. The van der Waals surface area contributed by atoms with Gasteiger partial charge < -0.3 is 15.8 Å². The van der Waals surface area contributed by atoms with Crippen LogP contribution in [-0.4, -0.2) is 68.6 Å².